The quantitative estimate of drug-likeness (QED) is 0.867. The molecule has 0 amide bonds. The fraction of sp³-hybridized carbons (Fsp3) is 0.600. The topological polar surface area (TPSA) is 23.5 Å². The Labute approximate surface area is 104 Å². The number of aliphatic hydroxyl groups is 1. The first-order valence-electron chi connectivity index (χ1n) is 6.76. The van der Waals surface area contributed by atoms with Crippen LogP contribution < -0.4 is 0 Å². The number of aliphatic hydroxyl groups excluding tert-OH is 1. The molecule has 2 atom stereocenters. The van der Waals surface area contributed by atoms with Gasteiger partial charge >= 0.3 is 0 Å². The number of hydrogen-bond donors (Lipinski definition) is 1. The van der Waals surface area contributed by atoms with E-state index in [0.29, 0.717) is 0 Å². The molecule has 0 aromatic heterocycles. The second kappa shape index (κ2) is 6.18. The molecule has 17 heavy (non-hydrogen) atoms. The van der Waals surface area contributed by atoms with Gasteiger partial charge in [-0.05, 0) is 38.4 Å². The summed E-state index contributed by atoms with van der Waals surface area (Å²) in [6.45, 7) is 4.40. The highest BCUT2D eigenvalue weighted by Gasteiger charge is 2.23. The summed E-state index contributed by atoms with van der Waals surface area (Å²) in [6, 6.07) is 10.2. The average Bonchev–Trinajstić information content (AvgIpc) is 2.67. The second-order valence-electron chi connectivity index (χ2n) is 5.05. The Morgan fingerprint density at radius 2 is 1.59 bits per heavy atom. The molecule has 1 heterocycles. The maximum absolute atomic E-state index is 10.4. The largest absolute Gasteiger partial charge is 0.387 e. The van der Waals surface area contributed by atoms with Gasteiger partial charge < -0.3 is 5.11 Å². The molecule has 1 N–H and O–H groups in total. The standard InChI is InChI=1S/C15H23NO/c1-13(16-11-7-2-3-8-12-16)15(17)14-9-5-4-6-10-14/h4-6,9-10,13,15,17H,2-3,7-8,11-12H2,1H3/t13-,15-/m0/s1. The van der Waals surface area contributed by atoms with Crippen LogP contribution in [0.4, 0.5) is 0 Å². The zero-order valence-corrected chi connectivity index (χ0v) is 10.7. The van der Waals surface area contributed by atoms with Crippen molar-refractivity contribution in [3.05, 3.63) is 35.9 Å². The van der Waals surface area contributed by atoms with Gasteiger partial charge in [0.15, 0.2) is 0 Å². The van der Waals surface area contributed by atoms with Crippen molar-refractivity contribution in [2.75, 3.05) is 13.1 Å². The first-order valence-corrected chi connectivity index (χ1v) is 6.76. The monoisotopic (exact) mass is 233 g/mol. The minimum atomic E-state index is -0.366. The summed E-state index contributed by atoms with van der Waals surface area (Å²) in [5.74, 6) is 0. The highest BCUT2D eigenvalue weighted by Crippen LogP contribution is 2.23. The van der Waals surface area contributed by atoms with Crippen LogP contribution in [-0.4, -0.2) is 29.1 Å². The maximum atomic E-state index is 10.4. The van der Waals surface area contributed by atoms with E-state index in [4.69, 9.17) is 0 Å². The molecule has 0 aliphatic carbocycles. The molecule has 1 fully saturated rings. The zero-order valence-electron chi connectivity index (χ0n) is 10.7. The zero-order chi connectivity index (χ0) is 12.1. The summed E-state index contributed by atoms with van der Waals surface area (Å²) in [6.07, 6.45) is 4.85. The van der Waals surface area contributed by atoms with Crippen LogP contribution in [0.5, 0.6) is 0 Å². The molecule has 1 aliphatic rings. The molecule has 1 saturated heterocycles. The van der Waals surface area contributed by atoms with Gasteiger partial charge in [-0.1, -0.05) is 43.2 Å². The van der Waals surface area contributed by atoms with Crippen LogP contribution in [-0.2, 0) is 0 Å². The summed E-state index contributed by atoms with van der Waals surface area (Å²) in [7, 11) is 0. The highest BCUT2D eigenvalue weighted by molar-refractivity contribution is 5.18. The Kier molecular flexibility index (Phi) is 4.57. The number of benzene rings is 1. The lowest BCUT2D eigenvalue weighted by molar-refractivity contribution is 0.0598. The first kappa shape index (κ1) is 12.6. The van der Waals surface area contributed by atoms with E-state index >= 15 is 0 Å². The van der Waals surface area contributed by atoms with Crippen molar-refractivity contribution in [1.82, 2.24) is 4.90 Å². The van der Waals surface area contributed by atoms with E-state index in [0.717, 1.165) is 18.7 Å². The number of likely N-dealkylation sites (tertiary alicyclic amines) is 1. The van der Waals surface area contributed by atoms with Crippen molar-refractivity contribution < 1.29 is 5.11 Å². The Morgan fingerprint density at radius 3 is 2.18 bits per heavy atom. The van der Waals surface area contributed by atoms with Crippen molar-refractivity contribution >= 4 is 0 Å². The first-order chi connectivity index (χ1) is 8.29. The van der Waals surface area contributed by atoms with Crippen LogP contribution in [0, 0.1) is 0 Å². The molecule has 1 aliphatic heterocycles. The van der Waals surface area contributed by atoms with Gasteiger partial charge in [0.2, 0.25) is 0 Å². The van der Waals surface area contributed by atoms with E-state index < -0.39 is 0 Å². The molecular weight excluding hydrogens is 210 g/mol. The SMILES string of the molecule is C[C@@H]([C@H](O)c1ccccc1)N1CCCCCC1. The molecular formula is C15H23NO. The van der Waals surface area contributed by atoms with E-state index in [9.17, 15) is 5.11 Å². The van der Waals surface area contributed by atoms with Gasteiger partial charge in [0.25, 0.3) is 0 Å². The number of nitrogens with zero attached hydrogens (tertiary/aromatic N) is 1. The lowest BCUT2D eigenvalue weighted by Gasteiger charge is -2.31. The minimum Gasteiger partial charge on any atom is -0.387 e. The molecule has 1 aromatic carbocycles. The third-order valence-corrected chi connectivity index (χ3v) is 3.81. The second-order valence-corrected chi connectivity index (χ2v) is 5.05. The molecule has 0 radical (unpaired) electrons. The fourth-order valence-electron chi connectivity index (χ4n) is 2.63. The highest BCUT2D eigenvalue weighted by atomic mass is 16.3. The third-order valence-electron chi connectivity index (χ3n) is 3.81. The van der Waals surface area contributed by atoms with E-state index in [2.05, 4.69) is 11.8 Å². The van der Waals surface area contributed by atoms with Gasteiger partial charge in [-0.3, -0.25) is 4.90 Å². The van der Waals surface area contributed by atoms with E-state index in [1.165, 1.54) is 25.7 Å². The summed E-state index contributed by atoms with van der Waals surface area (Å²) < 4.78 is 0. The van der Waals surface area contributed by atoms with Gasteiger partial charge in [-0.2, -0.15) is 0 Å². The average molecular weight is 233 g/mol. The van der Waals surface area contributed by atoms with Gasteiger partial charge in [0.1, 0.15) is 0 Å². The Hall–Kier alpha value is -0.860. The fourth-order valence-corrected chi connectivity index (χ4v) is 2.63. The van der Waals surface area contributed by atoms with Crippen molar-refractivity contribution in [1.29, 1.82) is 0 Å². The van der Waals surface area contributed by atoms with Crippen molar-refractivity contribution in [2.24, 2.45) is 0 Å². The van der Waals surface area contributed by atoms with E-state index in [-0.39, 0.29) is 12.1 Å². The van der Waals surface area contributed by atoms with Gasteiger partial charge in [0.05, 0.1) is 6.10 Å². The minimum absolute atomic E-state index is 0.218. The lowest BCUT2D eigenvalue weighted by Crippen LogP contribution is -2.38. The predicted molar refractivity (Wildman–Crippen MR) is 70.9 cm³/mol. The van der Waals surface area contributed by atoms with Crippen LogP contribution >= 0.6 is 0 Å². The third kappa shape index (κ3) is 3.30. The number of rotatable bonds is 3. The Morgan fingerprint density at radius 1 is 1.00 bits per heavy atom. The van der Waals surface area contributed by atoms with Crippen molar-refractivity contribution in [3.8, 4) is 0 Å². The van der Waals surface area contributed by atoms with Crippen molar-refractivity contribution in [3.63, 3.8) is 0 Å². The lowest BCUT2D eigenvalue weighted by atomic mass is 10.0. The maximum Gasteiger partial charge on any atom is 0.0942 e. The van der Waals surface area contributed by atoms with E-state index in [1.807, 2.05) is 30.3 Å². The van der Waals surface area contributed by atoms with E-state index in [1.54, 1.807) is 0 Å². The van der Waals surface area contributed by atoms with Gasteiger partial charge in [0, 0.05) is 6.04 Å². The molecule has 2 nitrogen and oxygen atoms in total. The summed E-state index contributed by atoms with van der Waals surface area (Å²) in [4.78, 5) is 2.44. The van der Waals surface area contributed by atoms with Crippen LogP contribution in [0.2, 0.25) is 0 Å². The molecule has 94 valence electrons. The Balaban J connectivity index is 2.00. The molecule has 2 rings (SSSR count). The van der Waals surface area contributed by atoms with Gasteiger partial charge in [-0.25, -0.2) is 0 Å². The van der Waals surface area contributed by atoms with Crippen LogP contribution in [0.3, 0.4) is 0 Å². The smallest absolute Gasteiger partial charge is 0.0942 e. The summed E-state index contributed by atoms with van der Waals surface area (Å²) in [5, 5.41) is 10.4. The molecule has 0 saturated carbocycles. The molecule has 0 unspecified atom stereocenters. The van der Waals surface area contributed by atoms with Crippen LogP contribution in [0.1, 0.15) is 44.3 Å². The normalized spacial score (nSPS) is 21.8. The summed E-state index contributed by atoms with van der Waals surface area (Å²) >= 11 is 0. The predicted octanol–water partition coefficient (Wildman–Crippen LogP) is 2.98. The molecule has 0 spiro atoms. The van der Waals surface area contributed by atoms with Crippen LogP contribution in [0.25, 0.3) is 0 Å². The molecule has 2 heteroatoms. The molecule has 1 aromatic rings. The molecule has 0 bridgehead atoms. The Bertz CT molecular complexity index is 317. The summed E-state index contributed by atoms with van der Waals surface area (Å²) in [5.41, 5.74) is 1.03. The van der Waals surface area contributed by atoms with Gasteiger partial charge in [-0.15, -0.1) is 0 Å². The van der Waals surface area contributed by atoms with Crippen molar-refractivity contribution in [2.45, 2.75) is 44.8 Å². The van der Waals surface area contributed by atoms with Crippen LogP contribution in [0.15, 0.2) is 30.3 Å². The number of hydrogen-bond acceptors (Lipinski definition) is 2.